The maximum absolute atomic E-state index is 11.7. The highest BCUT2D eigenvalue weighted by Gasteiger charge is 2.04. The van der Waals surface area contributed by atoms with Gasteiger partial charge in [-0.15, -0.1) is 0 Å². The molecule has 2 aromatic rings. The Morgan fingerprint density at radius 2 is 2.29 bits per heavy atom. The van der Waals surface area contributed by atoms with E-state index in [1.165, 1.54) is 11.8 Å². The lowest BCUT2D eigenvalue weighted by atomic mass is 10.1. The first-order valence-corrected chi connectivity index (χ1v) is 6.31. The number of thioether (sulfide) groups is 1. The summed E-state index contributed by atoms with van der Waals surface area (Å²) in [6.07, 6.45) is 3.90. The molecule has 4 nitrogen and oxygen atoms in total. The average Bonchev–Trinajstić information content (AvgIpc) is 2.32. The van der Waals surface area contributed by atoms with Crippen molar-refractivity contribution in [3.8, 4) is 5.75 Å². The highest BCUT2D eigenvalue weighted by atomic mass is 32.2. The zero-order chi connectivity index (χ0) is 12.3. The monoisotopic (exact) mass is 248 g/mol. The summed E-state index contributed by atoms with van der Waals surface area (Å²) >= 11 is 1.39. The van der Waals surface area contributed by atoms with Crippen molar-refractivity contribution >= 4 is 11.8 Å². The average molecular weight is 248 g/mol. The van der Waals surface area contributed by atoms with Crippen LogP contribution in [-0.4, -0.2) is 21.3 Å². The molecule has 1 heterocycles. The SMILES string of the molecule is CSc1ncc(Cc2cccc(O)c2)c(=O)[nH]1. The van der Waals surface area contributed by atoms with Gasteiger partial charge in [0.15, 0.2) is 5.16 Å². The number of benzene rings is 1. The van der Waals surface area contributed by atoms with Gasteiger partial charge in [-0.2, -0.15) is 0 Å². The lowest BCUT2D eigenvalue weighted by Crippen LogP contribution is -2.14. The maximum Gasteiger partial charge on any atom is 0.255 e. The number of rotatable bonds is 3. The van der Waals surface area contributed by atoms with Crippen LogP contribution in [0.4, 0.5) is 0 Å². The zero-order valence-electron chi connectivity index (χ0n) is 9.30. The fraction of sp³-hybridized carbons (Fsp3) is 0.167. The number of phenolic OH excluding ortho intramolecular Hbond substituents is 1. The lowest BCUT2D eigenvalue weighted by Gasteiger charge is -2.02. The van der Waals surface area contributed by atoms with Crippen LogP contribution in [0.15, 0.2) is 40.4 Å². The quantitative estimate of drug-likeness (QED) is 0.642. The van der Waals surface area contributed by atoms with Gasteiger partial charge in [-0.3, -0.25) is 4.79 Å². The summed E-state index contributed by atoms with van der Waals surface area (Å²) in [4.78, 5) is 18.5. The topological polar surface area (TPSA) is 66.0 Å². The third-order valence-corrected chi connectivity index (χ3v) is 2.94. The third-order valence-electron chi connectivity index (χ3n) is 2.35. The minimum Gasteiger partial charge on any atom is -0.508 e. The van der Waals surface area contributed by atoms with Gasteiger partial charge in [0, 0.05) is 18.2 Å². The molecular formula is C12H12N2O2S. The van der Waals surface area contributed by atoms with Gasteiger partial charge in [-0.25, -0.2) is 4.98 Å². The van der Waals surface area contributed by atoms with E-state index in [-0.39, 0.29) is 11.3 Å². The van der Waals surface area contributed by atoms with Gasteiger partial charge < -0.3 is 10.1 Å². The van der Waals surface area contributed by atoms with E-state index in [4.69, 9.17) is 0 Å². The van der Waals surface area contributed by atoms with Crippen LogP contribution in [0.5, 0.6) is 5.75 Å². The Morgan fingerprint density at radius 3 is 2.94 bits per heavy atom. The molecular weight excluding hydrogens is 236 g/mol. The normalized spacial score (nSPS) is 10.4. The second-order valence-electron chi connectivity index (χ2n) is 3.59. The predicted molar refractivity (Wildman–Crippen MR) is 67.6 cm³/mol. The molecule has 1 aromatic heterocycles. The molecule has 0 aliphatic heterocycles. The molecule has 5 heteroatoms. The van der Waals surface area contributed by atoms with Gasteiger partial charge in [0.25, 0.3) is 5.56 Å². The molecule has 0 radical (unpaired) electrons. The molecule has 0 bridgehead atoms. The molecule has 0 saturated heterocycles. The maximum atomic E-state index is 11.7. The minimum atomic E-state index is -0.132. The van der Waals surface area contributed by atoms with E-state index >= 15 is 0 Å². The largest absolute Gasteiger partial charge is 0.508 e. The molecule has 0 aliphatic carbocycles. The van der Waals surface area contributed by atoms with Crippen molar-refractivity contribution < 1.29 is 5.11 Å². The van der Waals surface area contributed by atoms with Crippen molar-refractivity contribution in [1.29, 1.82) is 0 Å². The fourth-order valence-corrected chi connectivity index (χ4v) is 1.87. The number of aromatic nitrogens is 2. The Kier molecular flexibility index (Phi) is 3.49. The van der Waals surface area contributed by atoms with Crippen LogP contribution in [-0.2, 0) is 6.42 Å². The van der Waals surface area contributed by atoms with Crippen molar-refractivity contribution in [2.75, 3.05) is 6.26 Å². The van der Waals surface area contributed by atoms with Crippen molar-refractivity contribution in [1.82, 2.24) is 9.97 Å². The second-order valence-corrected chi connectivity index (χ2v) is 4.39. The summed E-state index contributed by atoms with van der Waals surface area (Å²) < 4.78 is 0. The fourth-order valence-electron chi connectivity index (χ4n) is 1.52. The Balaban J connectivity index is 2.27. The first-order chi connectivity index (χ1) is 8.19. The van der Waals surface area contributed by atoms with Crippen molar-refractivity contribution in [3.63, 3.8) is 0 Å². The number of hydrogen-bond acceptors (Lipinski definition) is 4. The van der Waals surface area contributed by atoms with Crippen LogP contribution in [0.3, 0.4) is 0 Å². The highest BCUT2D eigenvalue weighted by Crippen LogP contribution is 2.13. The van der Waals surface area contributed by atoms with Gasteiger partial charge in [-0.05, 0) is 24.0 Å². The molecule has 0 aliphatic rings. The van der Waals surface area contributed by atoms with Gasteiger partial charge in [0.2, 0.25) is 0 Å². The van der Waals surface area contributed by atoms with E-state index in [1.807, 2.05) is 12.3 Å². The molecule has 0 unspecified atom stereocenters. The number of aromatic amines is 1. The number of nitrogens with one attached hydrogen (secondary N) is 1. The molecule has 1 aromatic carbocycles. The van der Waals surface area contributed by atoms with Gasteiger partial charge in [0.05, 0.1) is 0 Å². The van der Waals surface area contributed by atoms with E-state index in [9.17, 15) is 9.90 Å². The number of phenols is 1. The van der Waals surface area contributed by atoms with Crippen LogP contribution in [0, 0.1) is 0 Å². The highest BCUT2D eigenvalue weighted by molar-refractivity contribution is 7.98. The molecule has 17 heavy (non-hydrogen) atoms. The van der Waals surface area contributed by atoms with Crippen LogP contribution < -0.4 is 5.56 Å². The predicted octanol–water partition coefficient (Wildman–Crippen LogP) is 1.79. The Labute approximate surface area is 103 Å². The van der Waals surface area contributed by atoms with Crippen LogP contribution >= 0.6 is 11.8 Å². The molecule has 2 rings (SSSR count). The van der Waals surface area contributed by atoms with Crippen LogP contribution in [0.2, 0.25) is 0 Å². The molecule has 0 saturated carbocycles. The zero-order valence-corrected chi connectivity index (χ0v) is 10.1. The van der Waals surface area contributed by atoms with Crippen molar-refractivity contribution in [2.24, 2.45) is 0 Å². The lowest BCUT2D eigenvalue weighted by molar-refractivity contribution is 0.474. The molecule has 0 atom stereocenters. The molecule has 2 N–H and O–H groups in total. The molecule has 0 fully saturated rings. The standard InChI is InChI=1S/C12H12N2O2S/c1-17-12-13-7-9(11(16)14-12)5-8-3-2-4-10(15)6-8/h2-4,6-7,15H,5H2,1H3,(H,13,14,16). The number of aromatic hydroxyl groups is 1. The third kappa shape index (κ3) is 2.88. The first-order valence-electron chi connectivity index (χ1n) is 5.09. The van der Waals surface area contributed by atoms with Crippen LogP contribution in [0.25, 0.3) is 0 Å². The van der Waals surface area contributed by atoms with E-state index in [1.54, 1.807) is 24.4 Å². The number of H-pyrrole nitrogens is 1. The first kappa shape index (κ1) is 11.7. The molecule has 88 valence electrons. The van der Waals surface area contributed by atoms with Crippen molar-refractivity contribution in [2.45, 2.75) is 11.6 Å². The van der Waals surface area contributed by atoms with E-state index < -0.39 is 0 Å². The summed E-state index contributed by atoms with van der Waals surface area (Å²) in [7, 11) is 0. The summed E-state index contributed by atoms with van der Waals surface area (Å²) in [6.45, 7) is 0. The smallest absolute Gasteiger partial charge is 0.255 e. The molecule has 0 spiro atoms. The van der Waals surface area contributed by atoms with E-state index in [2.05, 4.69) is 9.97 Å². The summed E-state index contributed by atoms with van der Waals surface area (Å²) in [5.74, 6) is 0.202. The number of hydrogen-bond donors (Lipinski definition) is 2. The van der Waals surface area contributed by atoms with Gasteiger partial charge in [-0.1, -0.05) is 23.9 Å². The Hall–Kier alpha value is -1.75. The van der Waals surface area contributed by atoms with Gasteiger partial charge in [0.1, 0.15) is 5.75 Å². The van der Waals surface area contributed by atoms with Crippen molar-refractivity contribution in [3.05, 3.63) is 51.9 Å². The summed E-state index contributed by atoms with van der Waals surface area (Å²) in [6, 6.07) is 6.86. The van der Waals surface area contributed by atoms with Crippen LogP contribution in [0.1, 0.15) is 11.1 Å². The number of nitrogens with zero attached hydrogens (tertiary/aromatic N) is 1. The second kappa shape index (κ2) is 5.05. The molecule has 0 amide bonds. The Bertz CT molecular complexity index is 581. The summed E-state index contributed by atoms with van der Waals surface area (Å²) in [5, 5.41) is 9.94. The minimum absolute atomic E-state index is 0.132. The summed E-state index contributed by atoms with van der Waals surface area (Å²) in [5.41, 5.74) is 1.34. The Morgan fingerprint density at radius 1 is 1.47 bits per heavy atom. The van der Waals surface area contributed by atoms with Gasteiger partial charge >= 0.3 is 0 Å². The van der Waals surface area contributed by atoms with E-state index in [0.717, 1.165) is 5.56 Å². The van der Waals surface area contributed by atoms with E-state index in [0.29, 0.717) is 17.1 Å².